The molecule has 0 spiro atoms. The maximum absolute atomic E-state index is 0. The molecule has 0 aromatic heterocycles. The summed E-state index contributed by atoms with van der Waals surface area (Å²) in [5.74, 6) is 0. The van der Waals surface area contributed by atoms with Crippen LogP contribution in [0, 0.1) is 0 Å². The molecular formula is Ag13. The third-order valence-corrected chi connectivity index (χ3v) is 0. The third kappa shape index (κ3) is 89.9. The predicted octanol–water partition coefficient (Wildman–Crippen LogP) is -0.0325. The summed E-state index contributed by atoms with van der Waals surface area (Å²) in [4.78, 5) is 0. The molecule has 0 saturated carbocycles. The van der Waals surface area contributed by atoms with Gasteiger partial charge in [0.15, 0.2) is 0 Å². The van der Waals surface area contributed by atoms with Crippen molar-refractivity contribution < 1.29 is 291 Å². The van der Waals surface area contributed by atoms with E-state index in [1.165, 1.54) is 0 Å². The first-order valence-corrected chi connectivity index (χ1v) is 0. The van der Waals surface area contributed by atoms with Crippen LogP contribution in [-0.4, -0.2) is 0 Å². The second-order valence-electron chi connectivity index (χ2n) is 0. The molecular weight excluding hydrogens is 1400 g/mol. The van der Waals surface area contributed by atoms with Gasteiger partial charge >= 0.3 is 0 Å². The summed E-state index contributed by atoms with van der Waals surface area (Å²) >= 11 is 0. The summed E-state index contributed by atoms with van der Waals surface area (Å²) < 4.78 is 0. The fraction of sp³-hybridized carbons (Fsp3) is 0. The summed E-state index contributed by atoms with van der Waals surface area (Å²) in [7, 11) is 0. The summed E-state index contributed by atoms with van der Waals surface area (Å²) in [6.45, 7) is 0. The topological polar surface area (TPSA) is 0 Å². The van der Waals surface area contributed by atoms with E-state index in [4.69, 9.17) is 0 Å². The zero-order valence-electron chi connectivity index (χ0n) is 3.92. The second kappa shape index (κ2) is 99.3. The van der Waals surface area contributed by atoms with Crippen LogP contribution in [0.1, 0.15) is 0 Å². The minimum atomic E-state index is 0. The molecule has 0 amide bonds. The first-order valence-electron chi connectivity index (χ1n) is 0. The standard InChI is InChI=1S/13Ag. The Hall–Kier alpha value is 9.62. The fourth-order valence-corrected chi connectivity index (χ4v) is 0. The summed E-state index contributed by atoms with van der Waals surface area (Å²) in [5.41, 5.74) is 0. The molecule has 0 fully saturated rings. The van der Waals surface area contributed by atoms with Crippen LogP contribution in [0.2, 0.25) is 0 Å². The van der Waals surface area contributed by atoms with Gasteiger partial charge in [0.25, 0.3) is 0 Å². The molecule has 0 unspecified atom stereocenters. The average molecular weight is 1400 g/mol. The summed E-state index contributed by atoms with van der Waals surface area (Å²) in [5, 5.41) is 0. The van der Waals surface area contributed by atoms with Crippen LogP contribution in [0.15, 0.2) is 0 Å². The maximum Gasteiger partial charge on any atom is 0 e. The van der Waals surface area contributed by atoms with E-state index in [0.29, 0.717) is 0 Å². The zero-order valence-corrected chi connectivity index (χ0v) is 23.2. The largest absolute Gasteiger partial charge is 0 e. The Labute approximate surface area is 283 Å². The van der Waals surface area contributed by atoms with Crippen molar-refractivity contribution in [2.45, 2.75) is 0 Å². The second-order valence-corrected chi connectivity index (χ2v) is 0. The molecule has 0 aliphatic rings. The molecule has 143 valence electrons. The maximum atomic E-state index is 0. The first-order chi connectivity index (χ1) is 0. The van der Waals surface area contributed by atoms with Gasteiger partial charge in [-0.05, 0) is 0 Å². The summed E-state index contributed by atoms with van der Waals surface area (Å²) in [6.07, 6.45) is 0. The number of rotatable bonds is 0. The minimum absolute atomic E-state index is 0. The predicted molar refractivity (Wildman–Crippen MR) is 0 cm³/mol. The van der Waals surface area contributed by atoms with E-state index in [0.717, 1.165) is 0 Å². The van der Waals surface area contributed by atoms with Crippen molar-refractivity contribution in [1.29, 1.82) is 0 Å². The minimum Gasteiger partial charge on any atom is 0 e. The van der Waals surface area contributed by atoms with Crippen molar-refractivity contribution in [1.82, 2.24) is 0 Å². The molecule has 0 bridgehead atoms. The Balaban J connectivity index is 0. The molecule has 0 heterocycles. The monoisotopic (exact) mass is 1390 g/mol. The third-order valence-electron chi connectivity index (χ3n) is 0. The Morgan fingerprint density at radius 2 is 0.0769 bits per heavy atom. The smallest absolute Gasteiger partial charge is 0 e. The van der Waals surface area contributed by atoms with Crippen molar-refractivity contribution in [2.24, 2.45) is 0 Å². The Kier molecular flexibility index (Phi) is 873. The van der Waals surface area contributed by atoms with E-state index < -0.39 is 0 Å². The van der Waals surface area contributed by atoms with Crippen LogP contribution < -0.4 is 0 Å². The van der Waals surface area contributed by atoms with Crippen LogP contribution in [0.5, 0.6) is 0 Å². The van der Waals surface area contributed by atoms with E-state index in [-0.39, 0.29) is 291 Å². The van der Waals surface area contributed by atoms with Crippen molar-refractivity contribution in [3.8, 4) is 0 Å². The molecule has 0 N–H and O–H groups in total. The molecule has 0 atom stereocenters. The van der Waals surface area contributed by atoms with Gasteiger partial charge in [0.05, 0.1) is 0 Å². The van der Waals surface area contributed by atoms with Crippen LogP contribution in [0.25, 0.3) is 0 Å². The van der Waals surface area contributed by atoms with Gasteiger partial charge in [-0.2, -0.15) is 0 Å². The van der Waals surface area contributed by atoms with Crippen molar-refractivity contribution in [3.05, 3.63) is 0 Å². The average Bonchev–Trinajstić information content (AvgIpc) is 0. The Morgan fingerprint density at radius 1 is 0.0769 bits per heavy atom. The molecule has 0 rings (SSSR count). The van der Waals surface area contributed by atoms with Crippen LogP contribution in [0.4, 0.5) is 0 Å². The van der Waals surface area contributed by atoms with Crippen LogP contribution >= 0.6 is 0 Å². The van der Waals surface area contributed by atoms with Gasteiger partial charge in [0.2, 0.25) is 0 Å². The van der Waals surface area contributed by atoms with Gasteiger partial charge in [0.1, 0.15) is 0 Å². The van der Waals surface area contributed by atoms with E-state index in [9.17, 15) is 0 Å². The molecule has 13 heteroatoms. The zero-order chi connectivity index (χ0) is 0. The number of hydrogen-bond acceptors (Lipinski definition) is 0. The quantitative estimate of drug-likeness (QED) is 0.300. The van der Waals surface area contributed by atoms with Crippen molar-refractivity contribution in [2.75, 3.05) is 0 Å². The van der Waals surface area contributed by atoms with Gasteiger partial charge < -0.3 is 0 Å². The Morgan fingerprint density at radius 3 is 0.0769 bits per heavy atom. The molecule has 0 aliphatic carbocycles. The molecule has 13 radical (unpaired) electrons. The van der Waals surface area contributed by atoms with E-state index in [1.807, 2.05) is 0 Å². The normalized spacial score (nSPS) is 0. The van der Waals surface area contributed by atoms with Crippen molar-refractivity contribution >= 4 is 0 Å². The van der Waals surface area contributed by atoms with Gasteiger partial charge in [-0.15, -0.1) is 0 Å². The molecule has 0 nitrogen and oxygen atoms in total. The van der Waals surface area contributed by atoms with Crippen molar-refractivity contribution in [3.63, 3.8) is 0 Å². The van der Waals surface area contributed by atoms with Crippen LogP contribution in [-0.2, 0) is 291 Å². The first kappa shape index (κ1) is 114. The molecule has 0 aromatic carbocycles. The molecule has 13 heavy (non-hydrogen) atoms. The van der Waals surface area contributed by atoms with Gasteiger partial charge in [0, 0.05) is 291 Å². The molecule has 0 saturated heterocycles. The van der Waals surface area contributed by atoms with Gasteiger partial charge in [-0.3, -0.25) is 0 Å². The van der Waals surface area contributed by atoms with Crippen LogP contribution in [0.3, 0.4) is 0 Å². The SMILES string of the molecule is [Ag].[Ag].[Ag].[Ag].[Ag].[Ag].[Ag].[Ag].[Ag].[Ag].[Ag].[Ag].[Ag]. The fourth-order valence-electron chi connectivity index (χ4n) is 0. The number of hydrogen-bond donors (Lipinski definition) is 0. The van der Waals surface area contributed by atoms with E-state index in [1.54, 1.807) is 0 Å². The molecule has 0 aliphatic heterocycles. The Bertz CT molecular complexity index is 0. The molecule has 0 aromatic rings. The summed E-state index contributed by atoms with van der Waals surface area (Å²) in [6, 6.07) is 0. The van der Waals surface area contributed by atoms with E-state index in [2.05, 4.69) is 0 Å². The van der Waals surface area contributed by atoms with Gasteiger partial charge in [-0.1, -0.05) is 0 Å². The van der Waals surface area contributed by atoms with Gasteiger partial charge in [-0.25, -0.2) is 0 Å². The van der Waals surface area contributed by atoms with E-state index >= 15 is 0 Å².